The smallest absolute Gasteiger partial charge is 0.213 e. The van der Waals surface area contributed by atoms with E-state index >= 15 is 0 Å². The highest BCUT2D eigenvalue weighted by Crippen LogP contribution is 2.25. The standard InChI is InChI=1S/C14H15FN2/c1-14(2,3)12-8-10(4-6-16-12)11-5-7-17-13(15)9-11/h4-9H,1-3H3. The summed E-state index contributed by atoms with van der Waals surface area (Å²) in [6.45, 7) is 6.31. The van der Waals surface area contributed by atoms with Gasteiger partial charge in [-0.1, -0.05) is 20.8 Å². The highest BCUT2D eigenvalue weighted by Gasteiger charge is 2.15. The van der Waals surface area contributed by atoms with Gasteiger partial charge in [0.1, 0.15) is 0 Å². The second-order valence-electron chi connectivity index (χ2n) is 5.05. The van der Waals surface area contributed by atoms with Crippen LogP contribution >= 0.6 is 0 Å². The van der Waals surface area contributed by atoms with Crippen molar-refractivity contribution in [2.24, 2.45) is 0 Å². The molecule has 0 saturated heterocycles. The average Bonchev–Trinajstić information content (AvgIpc) is 2.28. The topological polar surface area (TPSA) is 25.8 Å². The summed E-state index contributed by atoms with van der Waals surface area (Å²) < 4.78 is 13.1. The van der Waals surface area contributed by atoms with Gasteiger partial charge in [-0.25, -0.2) is 4.98 Å². The van der Waals surface area contributed by atoms with Crippen LogP contribution in [0.5, 0.6) is 0 Å². The van der Waals surface area contributed by atoms with E-state index in [0.717, 1.165) is 16.8 Å². The molecule has 0 aliphatic rings. The van der Waals surface area contributed by atoms with Crippen LogP contribution in [0.25, 0.3) is 11.1 Å². The highest BCUT2D eigenvalue weighted by atomic mass is 19.1. The van der Waals surface area contributed by atoms with Gasteiger partial charge < -0.3 is 0 Å². The van der Waals surface area contributed by atoms with Gasteiger partial charge in [-0.2, -0.15) is 4.39 Å². The van der Waals surface area contributed by atoms with E-state index in [-0.39, 0.29) is 5.41 Å². The SMILES string of the molecule is CC(C)(C)c1cc(-c2ccnc(F)c2)ccn1. The lowest BCUT2D eigenvalue weighted by atomic mass is 9.90. The molecule has 0 aliphatic carbocycles. The first-order chi connectivity index (χ1) is 7.97. The zero-order valence-corrected chi connectivity index (χ0v) is 10.2. The predicted molar refractivity (Wildman–Crippen MR) is 66.1 cm³/mol. The first kappa shape index (κ1) is 11.7. The van der Waals surface area contributed by atoms with Crippen LogP contribution in [0.3, 0.4) is 0 Å². The Morgan fingerprint density at radius 3 is 2.12 bits per heavy atom. The molecule has 3 heteroatoms. The molecule has 0 atom stereocenters. The number of pyridine rings is 2. The molecule has 2 rings (SSSR count). The number of aromatic nitrogens is 2. The molecule has 0 spiro atoms. The fourth-order valence-corrected chi connectivity index (χ4v) is 1.60. The largest absolute Gasteiger partial charge is 0.261 e. The summed E-state index contributed by atoms with van der Waals surface area (Å²) >= 11 is 0. The Hall–Kier alpha value is -1.77. The van der Waals surface area contributed by atoms with Crippen molar-refractivity contribution in [3.05, 3.63) is 48.3 Å². The van der Waals surface area contributed by atoms with E-state index in [4.69, 9.17) is 0 Å². The Morgan fingerprint density at radius 2 is 1.53 bits per heavy atom. The van der Waals surface area contributed by atoms with Crippen molar-refractivity contribution < 1.29 is 4.39 Å². The third-order valence-electron chi connectivity index (χ3n) is 2.59. The Labute approximate surface area is 101 Å². The Kier molecular flexibility index (Phi) is 2.92. The van der Waals surface area contributed by atoms with Crippen molar-refractivity contribution in [1.29, 1.82) is 0 Å². The maximum atomic E-state index is 13.1. The minimum Gasteiger partial charge on any atom is -0.261 e. The normalized spacial score (nSPS) is 11.5. The van der Waals surface area contributed by atoms with Gasteiger partial charge in [0.25, 0.3) is 0 Å². The first-order valence-corrected chi connectivity index (χ1v) is 5.55. The maximum Gasteiger partial charge on any atom is 0.213 e. The van der Waals surface area contributed by atoms with Crippen LogP contribution in [0.1, 0.15) is 26.5 Å². The molecule has 17 heavy (non-hydrogen) atoms. The lowest BCUT2D eigenvalue weighted by molar-refractivity contribution is 0.569. The Morgan fingerprint density at radius 1 is 0.941 bits per heavy atom. The van der Waals surface area contributed by atoms with Crippen LogP contribution in [0.15, 0.2) is 36.7 Å². The molecule has 0 amide bonds. The summed E-state index contributed by atoms with van der Waals surface area (Å²) in [5.41, 5.74) is 2.77. The van der Waals surface area contributed by atoms with E-state index in [1.165, 1.54) is 12.3 Å². The van der Waals surface area contributed by atoms with Gasteiger partial charge in [0, 0.05) is 29.6 Å². The molecule has 0 unspecified atom stereocenters. The number of nitrogens with zero attached hydrogens (tertiary/aromatic N) is 2. The fraction of sp³-hybridized carbons (Fsp3) is 0.286. The number of hydrogen-bond acceptors (Lipinski definition) is 2. The van der Waals surface area contributed by atoms with Crippen molar-refractivity contribution in [3.8, 4) is 11.1 Å². The monoisotopic (exact) mass is 230 g/mol. The summed E-state index contributed by atoms with van der Waals surface area (Å²) in [6.07, 6.45) is 3.23. The molecule has 0 aliphatic heterocycles. The van der Waals surface area contributed by atoms with Gasteiger partial charge in [-0.05, 0) is 29.3 Å². The molecule has 88 valence electrons. The molecule has 0 aromatic carbocycles. The Balaban J connectivity index is 2.47. The van der Waals surface area contributed by atoms with Gasteiger partial charge in [-0.3, -0.25) is 4.98 Å². The lowest BCUT2D eigenvalue weighted by Crippen LogP contribution is -2.13. The lowest BCUT2D eigenvalue weighted by Gasteiger charge is -2.18. The van der Waals surface area contributed by atoms with E-state index in [2.05, 4.69) is 30.7 Å². The number of halogens is 1. The van der Waals surface area contributed by atoms with Gasteiger partial charge in [-0.15, -0.1) is 0 Å². The van der Waals surface area contributed by atoms with E-state index in [9.17, 15) is 4.39 Å². The molecule has 0 fully saturated rings. The van der Waals surface area contributed by atoms with Gasteiger partial charge in [0.15, 0.2) is 0 Å². The summed E-state index contributed by atoms with van der Waals surface area (Å²) in [7, 11) is 0. The van der Waals surface area contributed by atoms with E-state index in [1.807, 2.05) is 12.1 Å². The maximum absolute atomic E-state index is 13.1. The van der Waals surface area contributed by atoms with Crippen LogP contribution in [0, 0.1) is 5.95 Å². The summed E-state index contributed by atoms with van der Waals surface area (Å²) in [6, 6.07) is 7.10. The zero-order valence-electron chi connectivity index (χ0n) is 10.2. The molecule has 2 nitrogen and oxygen atoms in total. The molecular weight excluding hydrogens is 215 g/mol. The molecule has 2 aromatic heterocycles. The van der Waals surface area contributed by atoms with Crippen molar-refractivity contribution in [2.75, 3.05) is 0 Å². The minimum absolute atomic E-state index is 0.0123. The van der Waals surface area contributed by atoms with Gasteiger partial charge in [0.05, 0.1) is 0 Å². The van der Waals surface area contributed by atoms with Crippen LogP contribution in [-0.2, 0) is 5.41 Å². The van der Waals surface area contributed by atoms with Crippen LogP contribution in [0.2, 0.25) is 0 Å². The fourth-order valence-electron chi connectivity index (χ4n) is 1.60. The third kappa shape index (κ3) is 2.67. The van der Waals surface area contributed by atoms with Crippen molar-refractivity contribution in [3.63, 3.8) is 0 Å². The molecular formula is C14H15FN2. The molecule has 2 heterocycles. The molecule has 0 radical (unpaired) electrons. The van der Waals surface area contributed by atoms with Crippen molar-refractivity contribution in [2.45, 2.75) is 26.2 Å². The van der Waals surface area contributed by atoms with Crippen LogP contribution < -0.4 is 0 Å². The van der Waals surface area contributed by atoms with E-state index in [0.29, 0.717) is 0 Å². The molecule has 0 N–H and O–H groups in total. The van der Waals surface area contributed by atoms with Gasteiger partial charge >= 0.3 is 0 Å². The molecule has 2 aromatic rings. The van der Waals surface area contributed by atoms with E-state index in [1.54, 1.807) is 12.3 Å². The van der Waals surface area contributed by atoms with Crippen LogP contribution in [0.4, 0.5) is 4.39 Å². The quantitative estimate of drug-likeness (QED) is 0.700. The summed E-state index contributed by atoms with van der Waals surface area (Å²) in [5, 5.41) is 0. The van der Waals surface area contributed by atoms with Crippen molar-refractivity contribution >= 4 is 0 Å². The average molecular weight is 230 g/mol. The second kappa shape index (κ2) is 4.24. The summed E-state index contributed by atoms with van der Waals surface area (Å²) in [4.78, 5) is 7.90. The summed E-state index contributed by atoms with van der Waals surface area (Å²) in [5.74, 6) is -0.461. The number of hydrogen-bond donors (Lipinski definition) is 0. The van der Waals surface area contributed by atoms with Crippen molar-refractivity contribution in [1.82, 2.24) is 9.97 Å². The minimum atomic E-state index is -0.461. The zero-order chi connectivity index (χ0) is 12.5. The first-order valence-electron chi connectivity index (χ1n) is 5.55. The highest BCUT2D eigenvalue weighted by molar-refractivity contribution is 5.63. The third-order valence-corrected chi connectivity index (χ3v) is 2.59. The molecule has 0 bridgehead atoms. The van der Waals surface area contributed by atoms with Gasteiger partial charge in [0.2, 0.25) is 5.95 Å². The van der Waals surface area contributed by atoms with Crippen LogP contribution in [-0.4, -0.2) is 9.97 Å². The Bertz CT molecular complexity index is 530. The number of rotatable bonds is 1. The van der Waals surface area contributed by atoms with E-state index < -0.39 is 5.95 Å². The second-order valence-corrected chi connectivity index (χ2v) is 5.05. The molecule has 0 saturated carbocycles. The predicted octanol–water partition coefficient (Wildman–Crippen LogP) is 3.58.